The number of aromatic amines is 1. The first-order valence-corrected chi connectivity index (χ1v) is 9.93. The quantitative estimate of drug-likeness (QED) is 0.467. The standard InChI is InChI=1S/C14H19N5O4S2/c1-3-23-14(20)17-11-4-6-12(7-5-11)25(21,22)15-8-9-24-13-16-10(2)18-19-13/h4-7,15H,3,8-9H2,1-2H3,(H,17,20)(H,16,18,19). The molecule has 0 aliphatic carbocycles. The molecular formula is C14H19N5O4S2. The molecule has 0 aliphatic rings. The van der Waals surface area contributed by atoms with Crippen molar-refractivity contribution >= 4 is 33.6 Å². The molecule has 9 nitrogen and oxygen atoms in total. The van der Waals surface area contributed by atoms with E-state index < -0.39 is 16.1 Å². The molecule has 0 saturated carbocycles. The fraction of sp³-hybridized carbons (Fsp3) is 0.357. The molecule has 0 spiro atoms. The molecule has 0 unspecified atom stereocenters. The summed E-state index contributed by atoms with van der Waals surface area (Å²) in [6.45, 7) is 3.99. The Morgan fingerprint density at radius 2 is 2.04 bits per heavy atom. The van der Waals surface area contributed by atoms with E-state index in [-0.39, 0.29) is 18.0 Å². The number of benzene rings is 1. The van der Waals surface area contributed by atoms with Gasteiger partial charge in [-0.1, -0.05) is 11.8 Å². The van der Waals surface area contributed by atoms with Gasteiger partial charge in [-0.2, -0.15) is 0 Å². The van der Waals surface area contributed by atoms with Crippen molar-refractivity contribution in [2.45, 2.75) is 23.9 Å². The normalized spacial score (nSPS) is 11.3. The van der Waals surface area contributed by atoms with E-state index in [9.17, 15) is 13.2 Å². The predicted octanol–water partition coefficient (Wildman–Crippen LogP) is 1.75. The van der Waals surface area contributed by atoms with E-state index in [1.165, 1.54) is 36.0 Å². The van der Waals surface area contributed by atoms with Crippen LogP contribution in [0.5, 0.6) is 0 Å². The largest absolute Gasteiger partial charge is 0.450 e. The first-order valence-electron chi connectivity index (χ1n) is 7.46. The van der Waals surface area contributed by atoms with Gasteiger partial charge in [0, 0.05) is 18.0 Å². The van der Waals surface area contributed by atoms with Crippen molar-refractivity contribution in [3.63, 3.8) is 0 Å². The topological polar surface area (TPSA) is 126 Å². The minimum Gasteiger partial charge on any atom is -0.450 e. The summed E-state index contributed by atoms with van der Waals surface area (Å²) in [5.74, 6) is 1.21. The molecule has 1 aromatic heterocycles. The van der Waals surface area contributed by atoms with E-state index in [2.05, 4.69) is 25.2 Å². The summed E-state index contributed by atoms with van der Waals surface area (Å²) in [6, 6.07) is 5.82. The highest BCUT2D eigenvalue weighted by atomic mass is 32.2. The van der Waals surface area contributed by atoms with Gasteiger partial charge in [0.2, 0.25) is 15.2 Å². The number of carbonyl (C=O) groups is 1. The number of rotatable bonds is 8. The van der Waals surface area contributed by atoms with Gasteiger partial charge in [0.15, 0.2) is 0 Å². The molecule has 0 fully saturated rings. The number of carbonyl (C=O) groups excluding carboxylic acids is 1. The Kier molecular flexibility index (Phi) is 6.79. The van der Waals surface area contributed by atoms with E-state index in [1.807, 2.05) is 0 Å². The summed E-state index contributed by atoms with van der Waals surface area (Å²) in [6.07, 6.45) is -0.588. The average molecular weight is 385 g/mol. The molecule has 3 N–H and O–H groups in total. The smallest absolute Gasteiger partial charge is 0.411 e. The molecule has 1 heterocycles. The van der Waals surface area contributed by atoms with Gasteiger partial charge in [0.25, 0.3) is 0 Å². The van der Waals surface area contributed by atoms with Crippen LogP contribution in [0.3, 0.4) is 0 Å². The predicted molar refractivity (Wildman–Crippen MR) is 94.1 cm³/mol. The maximum atomic E-state index is 12.2. The van der Waals surface area contributed by atoms with Crippen LogP contribution >= 0.6 is 11.8 Å². The third-order valence-corrected chi connectivity index (χ3v) is 5.21. The Balaban J connectivity index is 1.85. The minimum absolute atomic E-state index is 0.112. The van der Waals surface area contributed by atoms with E-state index in [1.54, 1.807) is 13.8 Å². The lowest BCUT2D eigenvalue weighted by Gasteiger charge is -2.08. The van der Waals surface area contributed by atoms with E-state index in [0.717, 1.165) is 0 Å². The van der Waals surface area contributed by atoms with E-state index >= 15 is 0 Å². The van der Waals surface area contributed by atoms with Crippen molar-refractivity contribution in [3.8, 4) is 0 Å². The van der Waals surface area contributed by atoms with Gasteiger partial charge in [-0.25, -0.2) is 22.9 Å². The molecule has 11 heteroatoms. The van der Waals surface area contributed by atoms with Crippen LogP contribution in [0.2, 0.25) is 0 Å². The molecule has 0 atom stereocenters. The van der Waals surface area contributed by atoms with Gasteiger partial charge in [0.05, 0.1) is 11.5 Å². The van der Waals surface area contributed by atoms with Crippen LogP contribution in [0.4, 0.5) is 10.5 Å². The number of aromatic nitrogens is 3. The highest BCUT2D eigenvalue weighted by Crippen LogP contribution is 2.15. The van der Waals surface area contributed by atoms with Crippen molar-refractivity contribution < 1.29 is 17.9 Å². The summed E-state index contributed by atoms with van der Waals surface area (Å²) in [5, 5.41) is 9.75. The zero-order valence-electron chi connectivity index (χ0n) is 13.8. The van der Waals surface area contributed by atoms with Gasteiger partial charge >= 0.3 is 6.09 Å². The van der Waals surface area contributed by atoms with Crippen LogP contribution in [-0.4, -0.2) is 48.6 Å². The number of nitrogens with one attached hydrogen (secondary N) is 3. The average Bonchev–Trinajstić information content (AvgIpc) is 2.98. The summed E-state index contributed by atoms with van der Waals surface area (Å²) >= 11 is 1.35. The fourth-order valence-corrected chi connectivity index (χ4v) is 3.65. The molecule has 2 rings (SSSR count). The van der Waals surface area contributed by atoms with Crippen LogP contribution in [0, 0.1) is 6.92 Å². The summed E-state index contributed by atoms with van der Waals surface area (Å²) in [7, 11) is -3.62. The number of amides is 1. The molecule has 25 heavy (non-hydrogen) atoms. The Morgan fingerprint density at radius 1 is 1.32 bits per heavy atom. The van der Waals surface area contributed by atoms with Crippen LogP contribution < -0.4 is 10.0 Å². The van der Waals surface area contributed by atoms with Crippen LogP contribution in [0.25, 0.3) is 0 Å². The van der Waals surface area contributed by atoms with Crippen LogP contribution in [0.15, 0.2) is 34.3 Å². The maximum Gasteiger partial charge on any atom is 0.411 e. The number of thioether (sulfide) groups is 1. The lowest BCUT2D eigenvalue weighted by molar-refractivity contribution is 0.168. The maximum absolute atomic E-state index is 12.2. The molecule has 136 valence electrons. The van der Waals surface area contributed by atoms with E-state index in [4.69, 9.17) is 4.74 Å². The Morgan fingerprint density at radius 3 is 2.64 bits per heavy atom. The number of anilines is 1. The zero-order chi connectivity index (χ0) is 18.3. The number of hydrogen-bond donors (Lipinski definition) is 3. The highest BCUT2D eigenvalue weighted by molar-refractivity contribution is 7.99. The first kappa shape index (κ1) is 19.2. The van der Waals surface area contributed by atoms with E-state index in [0.29, 0.717) is 22.4 Å². The molecule has 1 amide bonds. The molecule has 0 aliphatic heterocycles. The Bertz CT molecular complexity index is 805. The summed E-state index contributed by atoms with van der Waals surface area (Å²) in [4.78, 5) is 15.5. The molecule has 0 radical (unpaired) electrons. The molecule has 1 aromatic carbocycles. The zero-order valence-corrected chi connectivity index (χ0v) is 15.4. The number of sulfonamides is 1. The van der Waals surface area contributed by atoms with Gasteiger partial charge in [0.1, 0.15) is 5.82 Å². The third kappa shape index (κ3) is 6.03. The number of aryl methyl sites for hydroxylation is 1. The van der Waals surface area contributed by atoms with Gasteiger partial charge < -0.3 is 4.74 Å². The van der Waals surface area contributed by atoms with Gasteiger partial charge in [-0.15, -0.1) is 5.10 Å². The SMILES string of the molecule is CCOC(=O)Nc1ccc(S(=O)(=O)NCCSc2n[nH]c(C)n2)cc1. The molecular weight excluding hydrogens is 366 g/mol. The minimum atomic E-state index is -3.62. The van der Waals surface area contributed by atoms with Crippen LogP contribution in [0.1, 0.15) is 12.7 Å². The number of H-pyrrole nitrogens is 1. The van der Waals surface area contributed by atoms with Crippen molar-refractivity contribution in [1.29, 1.82) is 0 Å². The number of nitrogens with zero attached hydrogens (tertiary/aromatic N) is 2. The Labute approximate surface area is 150 Å². The lowest BCUT2D eigenvalue weighted by Crippen LogP contribution is -2.26. The second-order valence-electron chi connectivity index (χ2n) is 4.82. The van der Waals surface area contributed by atoms with Crippen molar-refractivity contribution in [1.82, 2.24) is 19.9 Å². The molecule has 0 bridgehead atoms. The second-order valence-corrected chi connectivity index (χ2v) is 7.65. The highest BCUT2D eigenvalue weighted by Gasteiger charge is 2.14. The molecule has 0 saturated heterocycles. The Hall–Kier alpha value is -2.11. The van der Waals surface area contributed by atoms with Crippen molar-refractivity contribution in [3.05, 3.63) is 30.1 Å². The van der Waals surface area contributed by atoms with Gasteiger partial charge in [-0.3, -0.25) is 10.4 Å². The summed E-state index contributed by atoms with van der Waals surface area (Å²) in [5.41, 5.74) is 0.452. The third-order valence-electron chi connectivity index (χ3n) is 2.89. The first-order chi connectivity index (χ1) is 11.9. The molecule has 2 aromatic rings. The van der Waals surface area contributed by atoms with Crippen molar-refractivity contribution in [2.75, 3.05) is 24.2 Å². The van der Waals surface area contributed by atoms with Crippen molar-refractivity contribution in [2.24, 2.45) is 0 Å². The second kappa shape index (κ2) is 8.83. The van der Waals surface area contributed by atoms with Crippen LogP contribution in [-0.2, 0) is 14.8 Å². The fourth-order valence-electron chi connectivity index (χ4n) is 1.79. The van der Waals surface area contributed by atoms with Gasteiger partial charge in [-0.05, 0) is 38.1 Å². The lowest BCUT2D eigenvalue weighted by atomic mass is 10.3. The monoisotopic (exact) mass is 385 g/mol. The number of ether oxygens (including phenoxy) is 1. The number of hydrogen-bond acceptors (Lipinski definition) is 7. The summed E-state index contributed by atoms with van der Waals surface area (Å²) < 4.78 is 31.7.